The number of rotatable bonds is 6. The van der Waals surface area contributed by atoms with Crippen molar-refractivity contribution >= 4 is 0 Å². The minimum atomic E-state index is 0.172. The molecule has 0 aromatic heterocycles. The number of nitrogens with two attached hydrogens (primary N) is 1. The second kappa shape index (κ2) is 6.27. The first kappa shape index (κ1) is 13.5. The van der Waals surface area contributed by atoms with E-state index < -0.39 is 0 Å². The van der Waals surface area contributed by atoms with Gasteiger partial charge in [0.05, 0.1) is 0 Å². The molecule has 2 atom stereocenters. The summed E-state index contributed by atoms with van der Waals surface area (Å²) in [5, 5.41) is 0. The largest absolute Gasteiger partial charge is 0.326 e. The molecule has 0 saturated carbocycles. The van der Waals surface area contributed by atoms with Gasteiger partial charge in [-0.3, -0.25) is 4.90 Å². The minimum Gasteiger partial charge on any atom is -0.326 e. The van der Waals surface area contributed by atoms with Gasteiger partial charge in [0.15, 0.2) is 0 Å². The van der Waals surface area contributed by atoms with E-state index in [0.29, 0.717) is 0 Å². The van der Waals surface area contributed by atoms with Crippen LogP contribution >= 0.6 is 0 Å². The lowest BCUT2D eigenvalue weighted by atomic mass is 9.85. The molecular weight excluding hydrogens is 196 g/mol. The Morgan fingerprint density at radius 2 is 2.06 bits per heavy atom. The van der Waals surface area contributed by atoms with Crippen LogP contribution in [0.5, 0.6) is 0 Å². The molecule has 0 bridgehead atoms. The lowest BCUT2D eigenvalue weighted by Gasteiger charge is -2.43. The number of unbranched alkanes of at least 4 members (excludes halogenated alkanes) is 1. The highest BCUT2D eigenvalue weighted by molar-refractivity contribution is 4.96. The van der Waals surface area contributed by atoms with Crippen LogP contribution in [0.3, 0.4) is 0 Å². The Morgan fingerprint density at radius 3 is 2.56 bits per heavy atom. The molecule has 1 saturated heterocycles. The van der Waals surface area contributed by atoms with Crippen LogP contribution in [0.1, 0.15) is 52.4 Å². The van der Waals surface area contributed by atoms with E-state index in [1.54, 1.807) is 0 Å². The van der Waals surface area contributed by atoms with Crippen LogP contribution < -0.4 is 5.73 Å². The van der Waals surface area contributed by atoms with E-state index in [1.165, 1.54) is 25.9 Å². The second-order valence-electron chi connectivity index (χ2n) is 5.11. The Balaban J connectivity index is 2.52. The number of hydrogen-bond acceptors (Lipinski definition) is 2. The van der Waals surface area contributed by atoms with Crippen molar-refractivity contribution in [3.8, 4) is 12.3 Å². The lowest BCUT2D eigenvalue weighted by molar-refractivity contribution is 0.0958. The summed E-state index contributed by atoms with van der Waals surface area (Å²) in [5.41, 5.74) is 6.54. The van der Waals surface area contributed by atoms with Gasteiger partial charge >= 0.3 is 0 Å². The van der Waals surface area contributed by atoms with Crippen LogP contribution in [0.15, 0.2) is 0 Å². The number of hydrogen-bond donors (Lipinski definition) is 1. The molecule has 1 fully saturated rings. The van der Waals surface area contributed by atoms with Gasteiger partial charge in [-0.05, 0) is 52.1 Å². The Labute approximate surface area is 101 Å². The molecule has 92 valence electrons. The zero-order valence-electron chi connectivity index (χ0n) is 10.8. The van der Waals surface area contributed by atoms with Gasteiger partial charge in [-0.15, -0.1) is 12.3 Å². The molecule has 0 aromatic rings. The topological polar surface area (TPSA) is 29.3 Å². The van der Waals surface area contributed by atoms with Crippen molar-refractivity contribution in [1.29, 1.82) is 0 Å². The predicted molar refractivity (Wildman–Crippen MR) is 70.2 cm³/mol. The van der Waals surface area contributed by atoms with Crippen molar-refractivity contribution in [1.82, 2.24) is 4.90 Å². The smallest absolute Gasteiger partial charge is 0.0329 e. The van der Waals surface area contributed by atoms with Crippen LogP contribution in [0.25, 0.3) is 0 Å². The molecule has 2 unspecified atom stereocenters. The summed E-state index contributed by atoms with van der Waals surface area (Å²) >= 11 is 0. The van der Waals surface area contributed by atoms with Crippen molar-refractivity contribution in [2.45, 2.75) is 64.0 Å². The second-order valence-corrected chi connectivity index (χ2v) is 5.11. The fourth-order valence-electron chi connectivity index (χ4n) is 2.68. The van der Waals surface area contributed by atoms with Gasteiger partial charge in [0.25, 0.3) is 0 Å². The summed E-state index contributed by atoms with van der Waals surface area (Å²) in [5.74, 6) is 2.69. The Morgan fingerprint density at radius 1 is 1.44 bits per heavy atom. The number of terminal acetylenes is 1. The van der Waals surface area contributed by atoms with Crippen molar-refractivity contribution in [2.75, 3.05) is 13.1 Å². The highest BCUT2D eigenvalue weighted by Gasteiger charge is 2.36. The predicted octanol–water partition coefficient (Wildman–Crippen LogP) is 2.38. The zero-order chi connectivity index (χ0) is 12.0. The SMILES string of the molecule is C#CCCCC(N)C(C)(CC)N1CCCC1. The maximum Gasteiger partial charge on any atom is 0.0329 e. The Bertz CT molecular complexity index is 238. The summed E-state index contributed by atoms with van der Waals surface area (Å²) in [6.45, 7) is 7.00. The Kier molecular flexibility index (Phi) is 5.31. The van der Waals surface area contributed by atoms with E-state index in [-0.39, 0.29) is 11.6 Å². The quantitative estimate of drug-likeness (QED) is 0.552. The molecule has 1 rings (SSSR count). The van der Waals surface area contributed by atoms with Crippen molar-refractivity contribution in [3.63, 3.8) is 0 Å². The van der Waals surface area contributed by atoms with Crippen LogP contribution in [0.4, 0.5) is 0 Å². The van der Waals surface area contributed by atoms with E-state index in [2.05, 4.69) is 24.7 Å². The van der Waals surface area contributed by atoms with Gasteiger partial charge < -0.3 is 5.73 Å². The fourth-order valence-corrected chi connectivity index (χ4v) is 2.68. The molecule has 1 aliphatic rings. The van der Waals surface area contributed by atoms with Gasteiger partial charge in [-0.25, -0.2) is 0 Å². The maximum atomic E-state index is 6.37. The van der Waals surface area contributed by atoms with E-state index in [1.807, 2.05) is 0 Å². The highest BCUT2D eigenvalue weighted by atomic mass is 15.2. The standard InChI is InChI=1S/C14H26N2/c1-4-6-7-10-13(15)14(3,5-2)16-11-8-9-12-16/h1,13H,5-12,15H2,2-3H3. The van der Waals surface area contributed by atoms with Gasteiger partial charge in [0.1, 0.15) is 0 Å². The third kappa shape index (κ3) is 2.99. The summed E-state index contributed by atoms with van der Waals surface area (Å²) in [6.07, 6.45) is 12.0. The zero-order valence-corrected chi connectivity index (χ0v) is 10.8. The van der Waals surface area contributed by atoms with Gasteiger partial charge in [-0.2, -0.15) is 0 Å². The van der Waals surface area contributed by atoms with E-state index in [9.17, 15) is 0 Å². The third-order valence-corrected chi connectivity index (χ3v) is 4.18. The molecular formula is C14H26N2. The van der Waals surface area contributed by atoms with Gasteiger partial charge in [0, 0.05) is 18.0 Å². The average molecular weight is 222 g/mol. The van der Waals surface area contributed by atoms with Crippen molar-refractivity contribution < 1.29 is 0 Å². The Hall–Kier alpha value is -0.520. The highest BCUT2D eigenvalue weighted by Crippen LogP contribution is 2.28. The van der Waals surface area contributed by atoms with Crippen LogP contribution in [0, 0.1) is 12.3 Å². The summed E-state index contributed by atoms with van der Waals surface area (Å²) in [7, 11) is 0. The fraction of sp³-hybridized carbons (Fsp3) is 0.857. The van der Waals surface area contributed by atoms with Gasteiger partial charge in [-0.1, -0.05) is 6.92 Å². The number of nitrogens with zero attached hydrogens (tertiary/aromatic N) is 1. The van der Waals surface area contributed by atoms with Crippen molar-refractivity contribution in [3.05, 3.63) is 0 Å². The molecule has 0 aromatic carbocycles. The average Bonchev–Trinajstić information content (AvgIpc) is 2.82. The third-order valence-electron chi connectivity index (χ3n) is 4.18. The molecule has 0 radical (unpaired) electrons. The van der Waals surface area contributed by atoms with Crippen molar-refractivity contribution in [2.24, 2.45) is 5.73 Å². The first-order chi connectivity index (χ1) is 7.65. The van der Waals surface area contributed by atoms with E-state index >= 15 is 0 Å². The normalized spacial score (nSPS) is 22.6. The summed E-state index contributed by atoms with van der Waals surface area (Å²) in [4.78, 5) is 2.58. The van der Waals surface area contributed by atoms with E-state index in [4.69, 9.17) is 12.2 Å². The summed E-state index contributed by atoms with van der Waals surface area (Å²) < 4.78 is 0. The first-order valence-corrected chi connectivity index (χ1v) is 6.59. The molecule has 0 aliphatic carbocycles. The first-order valence-electron chi connectivity index (χ1n) is 6.59. The van der Waals surface area contributed by atoms with E-state index in [0.717, 1.165) is 25.7 Å². The molecule has 2 heteroatoms. The molecule has 2 nitrogen and oxygen atoms in total. The molecule has 16 heavy (non-hydrogen) atoms. The van der Waals surface area contributed by atoms with Crippen LogP contribution in [-0.4, -0.2) is 29.6 Å². The van der Waals surface area contributed by atoms with Gasteiger partial charge in [0.2, 0.25) is 0 Å². The number of likely N-dealkylation sites (tertiary alicyclic amines) is 1. The molecule has 0 amide bonds. The molecule has 1 heterocycles. The summed E-state index contributed by atoms with van der Waals surface area (Å²) in [6, 6.07) is 0.254. The maximum absolute atomic E-state index is 6.37. The van der Waals surface area contributed by atoms with Crippen LogP contribution in [0.2, 0.25) is 0 Å². The van der Waals surface area contributed by atoms with Crippen LogP contribution in [-0.2, 0) is 0 Å². The molecule has 2 N–H and O–H groups in total. The monoisotopic (exact) mass is 222 g/mol. The molecule has 0 spiro atoms. The minimum absolute atomic E-state index is 0.172. The molecule has 1 aliphatic heterocycles. The lowest BCUT2D eigenvalue weighted by Crippen LogP contribution is -2.56.